The molecule has 3 rings (SSSR count). The zero-order valence-electron chi connectivity index (χ0n) is 17.1. The molecule has 5 nitrogen and oxygen atoms in total. The van der Waals surface area contributed by atoms with Gasteiger partial charge in [-0.15, -0.1) is 0 Å². The van der Waals surface area contributed by atoms with E-state index in [0.717, 1.165) is 12.7 Å². The molecule has 0 heterocycles. The summed E-state index contributed by atoms with van der Waals surface area (Å²) in [5, 5.41) is 2.85. The second kappa shape index (κ2) is 7.78. The van der Waals surface area contributed by atoms with Gasteiger partial charge >= 0.3 is 0 Å². The van der Waals surface area contributed by atoms with Crippen LogP contribution in [0.2, 0.25) is 0 Å². The Hall–Kier alpha value is -2.41. The van der Waals surface area contributed by atoms with E-state index in [4.69, 9.17) is 0 Å². The summed E-state index contributed by atoms with van der Waals surface area (Å²) in [6.07, 6.45) is 1.77. The normalized spacial score (nSPS) is 18.9. The van der Waals surface area contributed by atoms with Crippen LogP contribution in [0.1, 0.15) is 49.8 Å². The van der Waals surface area contributed by atoms with E-state index in [1.165, 1.54) is 23.3 Å². The van der Waals surface area contributed by atoms with Gasteiger partial charge in [-0.25, -0.2) is 12.8 Å². The van der Waals surface area contributed by atoms with Crippen LogP contribution in [-0.4, -0.2) is 20.6 Å². The summed E-state index contributed by atoms with van der Waals surface area (Å²) >= 11 is 0. The average molecular weight is 419 g/mol. The van der Waals surface area contributed by atoms with E-state index in [1.54, 1.807) is 6.07 Å². The van der Waals surface area contributed by atoms with Crippen molar-refractivity contribution in [3.8, 4) is 0 Å². The number of hydrogen-bond donors (Lipinski definition) is 2. The maximum Gasteiger partial charge on any atom is 0.229 e. The third-order valence-electron chi connectivity index (χ3n) is 5.13. The largest absolute Gasteiger partial charge is 0.352 e. The molecule has 2 aromatic rings. The van der Waals surface area contributed by atoms with Gasteiger partial charge in [0.2, 0.25) is 15.9 Å². The Bertz CT molecular complexity index is 1010. The summed E-state index contributed by atoms with van der Waals surface area (Å²) < 4.78 is 38.6. The molecule has 29 heavy (non-hydrogen) atoms. The van der Waals surface area contributed by atoms with E-state index in [-0.39, 0.29) is 35.4 Å². The number of carbonyl (C=O) groups is 1. The van der Waals surface area contributed by atoms with Crippen molar-refractivity contribution in [2.45, 2.75) is 45.1 Å². The zero-order valence-corrected chi connectivity index (χ0v) is 17.9. The minimum atomic E-state index is -3.54. The van der Waals surface area contributed by atoms with Gasteiger partial charge in [0.1, 0.15) is 5.82 Å². The van der Waals surface area contributed by atoms with Crippen molar-refractivity contribution in [2.24, 2.45) is 5.92 Å². The lowest BCUT2D eigenvalue weighted by Gasteiger charge is -2.19. The number of amides is 1. The monoisotopic (exact) mass is 418 g/mol. The van der Waals surface area contributed by atoms with Crippen LogP contribution in [0.25, 0.3) is 0 Å². The number of benzene rings is 2. The van der Waals surface area contributed by atoms with E-state index >= 15 is 0 Å². The number of carbonyl (C=O) groups excluding carboxylic acids is 1. The first-order chi connectivity index (χ1) is 13.4. The molecular weight excluding hydrogens is 391 g/mol. The molecule has 0 aliphatic heterocycles. The average Bonchev–Trinajstić information content (AvgIpc) is 3.41. The summed E-state index contributed by atoms with van der Waals surface area (Å²) in [7, 11) is -3.54. The predicted molar refractivity (Wildman–Crippen MR) is 113 cm³/mol. The molecule has 0 aromatic heterocycles. The Labute approximate surface area is 171 Å². The van der Waals surface area contributed by atoms with Crippen molar-refractivity contribution >= 4 is 21.6 Å². The van der Waals surface area contributed by atoms with Crippen LogP contribution >= 0.6 is 0 Å². The highest BCUT2D eigenvalue weighted by atomic mass is 32.2. The van der Waals surface area contributed by atoms with Gasteiger partial charge in [-0.2, -0.15) is 0 Å². The van der Waals surface area contributed by atoms with E-state index in [9.17, 15) is 17.6 Å². The quantitative estimate of drug-likeness (QED) is 0.747. The van der Waals surface area contributed by atoms with Gasteiger partial charge in [0.05, 0.1) is 11.9 Å². The molecule has 156 valence electrons. The Morgan fingerprint density at radius 2 is 1.79 bits per heavy atom. The number of sulfonamides is 1. The Morgan fingerprint density at radius 3 is 2.34 bits per heavy atom. The highest BCUT2D eigenvalue weighted by Gasteiger charge is 2.43. The Kier molecular flexibility index (Phi) is 5.72. The van der Waals surface area contributed by atoms with Crippen LogP contribution in [0.5, 0.6) is 0 Å². The highest BCUT2D eigenvalue weighted by molar-refractivity contribution is 7.92. The molecule has 1 fully saturated rings. The van der Waals surface area contributed by atoms with Gasteiger partial charge in [0.25, 0.3) is 0 Å². The number of anilines is 1. The molecule has 0 spiro atoms. The molecule has 1 aliphatic carbocycles. The summed E-state index contributed by atoms with van der Waals surface area (Å²) in [6.45, 7) is 6.70. The van der Waals surface area contributed by atoms with Crippen LogP contribution in [0.3, 0.4) is 0 Å². The Morgan fingerprint density at radius 1 is 1.14 bits per heavy atom. The minimum Gasteiger partial charge on any atom is -0.352 e. The number of rotatable bonds is 6. The highest BCUT2D eigenvalue weighted by Crippen LogP contribution is 2.47. The van der Waals surface area contributed by atoms with Crippen LogP contribution in [-0.2, 0) is 26.8 Å². The van der Waals surface area contributed by atoms with Gasteiger partial charge in [-0.1, -0.05) is 51.1 Å². The number of halogens is 1. The van der Waals surface area contributed by atoms with Crippen molar-refractivity contribution in [3.05, 3.63) is 65.0 Å². The van der Waals surface area contributed by atoms with Crippen molar-refractivity contribution in [1.82, 2.24) is 5.32 Å². The van der Waals surface area contributed by atoms with Crippen LogP contribution in [0, 0.1) is 11.7 Å². The van der Waals surface area contributed by atoms with Crippen molar-refractivity contribution in [1.29, 1.82) is 0 Å². The van der Waals surface area contributed by atoms with Crippen molar-refractivity contribution < 1.29 is 17.6 Å². The molecular formula is C22H27FN2O3S. The van der Waals surface area contributed by atoms with Crippen molar-refractivity contribution in [2.75, 3.05) is 11.0 Å². The molecule has 1 amide bonds. The SMILES string of the molecule is CC(C)(C)c1ccc(C2CC2C(=O)NCc2ccc(NS(C)(=O)=O)c(F)c2)cc1. The van der Waals surface area contributed by atoms with Crippen molar-refractivity contribution in [3.63, 3.8) is 0 Å². The molecule has 0 saturated heterocycles. The summed E-state index contributed by atoms with van der Waals surface area (Å²) in [5.41, 5.74) is 2.99. The summed E-state index contributed by atoms with van der Waals surface area (Å²) in [4.78, 5) is 12.4. The van der Waals surface area contributed by atoms with Crippen LogP contribution in [0.15, 0.2) is 42.5 Å². The molecule has 2 N–H and O–H groups in total. The predicted octanol–water partition coefficient (Wildman–Crippen LogP) is 3.91. The molecule has 7 heteroatoms. The van der Waals surface area contributed by atoms with E-state index < -0.39 is 15.8 Å². The molecule has 1 saturated carbocycles. The van der Waals surface area contributed by atoms with Crippen LogP contribution in [0.4, 0.5) is 10.1 Å². The van der Waals surface area contributed by atoms with Gasteiger partial charge in [0, 0.05) is 12.5 Å². The van der Waals surface area contributed by atoms with E-state index in [0.29, 0.717) is 5.56 Å². The second-order valence-electron chi connectivity index (χ2n) is 8.73. The summed E-state index contributed by atoms with van der Waals surface area (Å²) in [6, 6.07) is 12.6. The molecule has 2 aromatic carbocycles. The second-order valence-corrected chi connectivity index (χ2v) is 10.5. The van der Waals surface area contributed by atoms with E-state index in [2.05, 4.69) is 55.1 Å². The number of hydrogen-bond acceptors (Lipinski definition) is 3. The molecule has 0 bridgehead atoms. The van der Waals surface area contributed by atoms with Gasteiger partial charge in [-0.05, 0) is 46.6 Å². The maximum absolute atomic E-state index is 14.0. The Balaban J connectivity index is 1.55. The zero-order chi connectivity index (χ0) is 21.4. The summed E-state index contributed by atoms with van der Waals surface area (Å²) in [5.74, 6) is -0.562. The molecule has 2 unspecified atom stereocenters. The molecule has 2 atom stereocenters. The molecule has 0 radical (unpaired) electrons. The lowest BCUT2D eigenvalue weighted by Crippen LogP contribution is -2.25. The first-order valence-electron chi connectivity index (χ1n) is 9.58. The van der Waals surface area contributed by atoms with Gasteiger partial charge < -0.3 is 5.32 Å². The van der Waals surface area contributed by atoms with Crippen LogP contribution < -0.4 is 10.0 Å². The fourth-order valence-corrected chi connectivity index (χ4v) is 3.92. The first-order valence-corrected chi connectivity index (χ1v) is 11.5. The smallest absolute Gasteiger partial charge is 0.229 e. The third-order valence-corrected chi connectivity index (χ3v) is 5.72. The molecule has 1 aliphatic rings. The maximum atomic E-state index is 14.0. The lowest BCUT2D eigenvalue weighted by atomic mass is 9.86. The fourth-order valence-electron chi connectivity index (χ4n) is 3.35. The standard InChI is InChI=1S/C22H27FN2O3S/c1-22(2,3)16-8-6-15(7-9-16)17-12-18(17)21(26)24-13-14-5-10-20(19(23)11-14)25-29(4,27)28/h5-11,17-18,25H,12-13H2,1-4H3,(H,24,26). The lowest BCUT2D eigenvalue weighted by molar-refractivity contribution is -0.122. The minimum absolute atomic E-state index is 0.0476. The van der Waals surface area contributed by atoms with Gasteiger partial charge in [0.15, 0.2) is 0 Å². The first kappa shape index (κ1) is 21.3. The third kappa shape index (κ3) is 5.56. The van der Waals surface area contributed by atoms with E-state index in [1.807, 2.05) is 0 Å². The topological polar surface area (TPSA) is 75.3 Å². The fraction of sp³-hybridized carbons (Fsp3) is 0.409. The van der Waals surface area contributed by atoms with Gasteiger partial charge in [-0.3, -0.25) is 9.52 Å². The number of nitrogens with one attached hydrogen (secondary N) is 2.